The number of ether oxygens (including phenoxy) is 1. The number of rotatable bonds is 4. The Morgan fingerprint density at radius 2 is 2.22 bits per heavy atom. The van der Waals surface area contributed by atoms with Crippen molar-refractivity contribution in [3.05, 3.63) is 29.3 Å². The summed E-state index contributed by atoms with van der Waals surface area (Å²) in [5.74, 6) is 0.775. The first kappa shape index (κ1) is 15.6. The molecule has 1 N–H and O–H groups in total. The number of benzene rings is 1. The second kappa shape index (κ2) is 7.85. The van der Waals surface area contributed by atoms with Gasteiger partial charge in [-0.3, -0.25) is 4.90 Å². The van der Waals surface area contributed by atoms with Crippen molar-refractivity contribution in [1.82, 2.24) is 10.2 Å². The third kappa shape index (κ3) is 4.32. The summed E-state index contributed by atoms with van der Waals surface area (Å²) in [7, 11) is 0. The number of nitrogens with zero attached hydrogens (tertiary/aromatic N) is 1. The molecule has 0 radical (unpaired) electrons. The summed E-state index contributed by atoms with van der Waals surface area (Å²) in [5, 5.41) is 4.06. The smallest absolute Gasteiger partial charge is 0.137 e. The van der Waals surface area contributed by atoms with Crippen molar-refractivity contribution in [1.29, 1.82) is 0 Å². The van der Waals surface area contributed by atoms with Gasteiger partial charge in [0.15, 0.2) is 0 Å². The predicted octanol–water partition coefficient (Wildman–Crippen LogP) is 2.43. The molecule has 1 fully saturated rings. The molecule has 0 spiro atoms. The quantitative estimate of drug-likeness (QED) is 0.922. The van der Waals surface area contributed by atoms with Crippen LogP contribution in [0.5, 0.6) is 5.75 Å². The highest BCUT2D eigenvalue weighted by molar-refractivity contribution is 6.32. The van der Waals surface area contributed by atoms with Crippen molar-refractivity contribution < 1.29 is 4.74 Å². The van der Waals surface area contributed by atoms with Crippen molar-refractivity contribution >= 4 is 24.0 Å². The molecule has 18 heavy (non-hydrogen) atoms. The van der Waals surface area contributed by atoms with Crippen LogP contribution in [0.25, 0.3) is 0 Å². The maximum absolute atomic E-state index is 6.03. The first-order valence-electron chi connectivity index (χ1n) is 6.09. The van der Waals surface area contributed by atoms with Crippen molar-refractivity contribution in [3.63, 3.8) is 0 Å². The van der Waals surface area contributed by atoms with Crippen molar-refractivity contribution in [2.24, 2.45) is 0 Å². The van der Waals surface area contributed by atoms with E-state index in [2.05, 4.69) is 17.1 Å². The Kier molecular flexibility index (Phi) is 6.79. The lowest BCUT2D eigenvalue weighted by Gasteiger charge is -2.33. The van der Waals surface area contributed by atoms with E-state index < -0.39 is 0 Å². The largest absolute Gasteiger partial charge is 0.491 e. The molecule has 0 aliphatic carbocycles. The van der Waals surface area contributed by atoms with E-state index in [1.54, 1.807) is 0 Å². The highest BCUT2D eigenvalue weighted by atomic mass is 35.5. The molecular weight excluding hydrogens is 271 g/mol. The lowest BCUT2D eigenvalue weighted by atomic mass is 10.2. The fraction of sp³-hybridized carbons (Fsp3) is 0.538. The van der Waals surface area contributed by atoms with Crippen molar-refractivity contribution in [2.45, 2.75) is 13.0 Å². The second-order valence-electron chi connectivity index (χ2n) is 4.37. The minimum Gasteiger partial charge on any atom is -0.491 e. The lowest BCUT2D eigenvalue weighted by molar-refractivity contribution is 0.143. The van der Waals surface area contributed by atoms with Gasteiger partial charge in [0.1, 0.15) is 12.4 Å². The Morgan fingerprint density at radius 1 is 1.44 bits per heavy atom. The number of hydrogen-bond donors (Lipinski definition) is 1. The van der Waals surface area contributed by atoms with E-state index in [0.29, 0.717) is 17.7 Å². The van der Waals surface area contributed by atoms with Crippen LogP contribution in [0.2, 0.25) is 5.02 Å². The van der Waals surface area contributed by atoms with Crippen molar-refractivity contribution in [2.75, 3.05) is 32.8 Å². The lowest BCUT2D eigenvalue weighted by Crippen LogP contribution is -2.50. The average molecular weight is 291 g/mol. The van der Waals surface area contributed by atoms with Gasteiger partial charge in [0.05, 0.1) is 5.02 Å². The Morgan fingerprint density at radius 3 is 2.94 bits per heavy atom. The van der Waals surface area contributed by atoms with Crippen LogP contribution in [0.3, 0.4) is 0 Å². The molecule has 5 heteroatoms. The first-order valence-corrected chi connectivity index (χ1v) is 6.47. The average Bonchev–Trinajstić information content (AvgIpc) is 2.34. The van der Waals surface area contributed by atoms with E-state index in [-0.39, 0.29) is 12.4 Å². The minimum atomic E-state index is 0. The molecule has 2 rings (SSSR count). The Balaban J connectivity index is 0.00000162. The van der Waals surface area contributed by atoms with Crippen LogP contribution >= 0.6 is 24.0 Å². The minimum absolute atomic E-state index is 0. The van der Waals surface area contributed by atoms with Crippen LogP contribution in [-0.4, -0.2) is 43.7 Å². The molecule has 1 heterocycles. The van der Waals surface area contributed by atoms with Crippen LogP contribution in [0, 0.1) is 0 Å². The van der Waals surface area contributed by atoms with Crippen LogP contribution < -0.4 is 10.1 Å². The second-order valence-corrected chi connectivity index (χ2v) is 4.78. The summed E-state index contributed by atoms with van der Waals surface area (Å²) in [6.07, 6.45) is 0. The SMILES string of the molecule is C[C@@H]1CNCCN1CCOc1ccccc1Cl.Cl. The molecule has 1 aromatic rings. The van der Waals surface area contributed by atoms with Gasteiger partial charge in [0.25, 0.3) is 0 Å². The Bertz CT molecular complexity index is 363. The molecule has 1 saturated heterocycles. The van der Waals surface area contributed by atoms with Crippen LogP contribution in [-0.2, 0) is 0 Å². The van der Waals surface area contributed by atoms with E-state index in [0.717, 1.165) is 31.9 Å². The zero-order valence-corrected chi connectivity index (χ0v) is 12.1. The van der Waals surface area contributed by atoms with Crippen LogP contribution in [0.1, 0.15) is 6.92 Å². The van der Waals surface area contributed by atoms with Gasteiger partial charge < -0.3 is 10.1 Å². The van der Waals surface area contributed by atoms with E-state index in [1.807, 2.05) is 24.3 Å². The fourth-order valence-corrected chi connectivity index (χ4v) is 2.24. The molecule has 0 aromatic heterocycles. The summed E-state index contributed by atoms with van der Waals surface area (Å²) in [6.45, 7) is 7.10. The summed E-state index contributed by atoms with van der Waals surface area (Å²) >= 11 is 6.03. The molecule has 0 unspecified atom stereocenters. The molecule has 0 bridgehead atoms. The summed E-state index contributed by atoms with van der Waals surface area (Å²) in [6, 6.07) is 8.19. The molecule has 1 aliphatic rings. The third-order valence-corrected chi connectivity index (χ3v) is 3.42. The van der Waals surface area contributed by atoms with E-state index in [4.69, 9.17) is 16.3 Å². The number of nitrogens with one attached hydrogen (secondary N) is 1. The Labute approximate surface area is 120 Å². The molecule has 102 valence electrons. The molecule has 3 nitrogen and oxygen atoms in total. The highest BCUT2D eigenvalue weighted by Crippen LogP contribution is 2.22. The number of para-hydroxylation sites is 1. The van der Waals surface area contributed by atoms with Gasteiger partial charge in [-0.2, -0.15) is 0 Å². The maximum Gasteiger partial charge on any atom is 0.137 e. The summed E-state index contributed by atoms with van der Waals surface area (Å²) < 4.78 is 5.69. The fourth-order valence-electron chi connectivity index (χ4n) is 2.05. The van der Waals surface area contributed by atoms with Crippen LogP contribution in [0.15, 0.2) is 24.3 Å². The maximum atomic E-state index is 6.03. The van der Waals surface area contributed by atoms with Gasteiger partial charge >= 0.3 is 0 Å². The topological polar surface area (TPSA) is 24.5 Å². The standard InChI is InChI=1S/C13H19ClN2O.ClH/c1-11-10-15-6-7-16(11)8-9-17-13-5-3-2-4-12(13)14;/h2-5,11,15H,6-10H2,1H3;1H/t11-;/m1./s1. The van der Waals surface area contributed by atoms with Gasteiger partial charge in [0, 0.05) is 32.2 Å². The van der Waals surface area contributed by atoms with Gasteiger partial charge in [-0.1, -0.05) is 23.7 Å². The summed E-state index contributed by atoms with van der Waals surface area (Å²) in [5.41, 5.74) is 0. The third-order valence-electron chi connectivity index (χ3n) is 3.11. The zero-order valence-electron chi connectivity index (χ0n) is 10.6. The highest BCUT2D eigenvalue weighted by Gasteiger charge is 2.17. The molecule has 0 saturated carbocycles. The molecule has 0 amide bonds. The van der Waals surface area contributed by atoms with Crippen LogP contribution in [0.4, 0.5) is 0 Å². The monoisotopic (exact) mass is 290 g/mol. The summed E-state index contributed by atoms with van der Waals surface area (Å²) in [4.78, 5) is 2.44. The molecular formula is C13H20Cl2N2O. The van der Waals surface area contributed by atoms with E-state index >= 15 is 0 Å². The predicted molar refractivity (Wildman–Crippen MR) is 78.1 cm³/mol. The zero-order chi connectivity index (χ0) is 12.1. The first-order chi connectivity index (χ1) is 8.27. The van der Waals surface area contributed by atoms with E-state index in [1.165, 1.54) is 0 Å². The van der Waals surface area contributed by atoms with Gasteiger partial charge in [0.2, 0.25) is 0 Å². The molecule has 1 aliphatic heterocycles. The van der Waals surface area contributed by atoms with E-state index in [9.17, 15) is 0 Å². The van der Waals surface area contributed by atoms with Crippen molar-refractivity contribution in [3.8, 4) is 5.75 Å². The number of piperazine rings is 1. The molecule has 1 atom stereocenters. The van der Waals surface area contributed by atoms with Gasteiger partial charge in [-0.25, -0.2) is 0 Å². The van der Waals surface area contributed by atoms with Gasteiger partial charge in [-0.05, 0) is 19.1 Å². The number of halogens is 2. The molecule has 1 aromatic carbocycles. The Hall–Kier alpha value is -0.480. The number of hydrogen-bond acceptors (Lipinski definition) is 3. The normalized spacial score (nSPS) is 20.2. The van der Waals surface area contributed by atoms with Gasteiger partial charge in [-0.15, -0.1) is 12.4 Å².